The van der Waals surface area contributed by atoms with E-state index in [0.717, 1.165) is 13.0 Å². The van der Waals surface area contributed by atoms with E-state index in [2.05, 4.69) is 24.4 Å². The van der Waals surface area contributed by atoms with Gasteiger partial charge >= 0.3 is 0 Å². The minimum atomic E-state index is 0.208. The van der Waals surface area contributed by atoms with Crippen molar-refractivity contribution < 1.29 is 4.79 Å². The molecule has 130 valence electrons. The van der Waals surface area contributed by atoms with Crippen molar-refractivity contribution in [1.82, 2.24) is 5.32 Å². The fraction of sp³-hybridized carbons (Fsp3) is 0.850. The fourth-order valence-electron chi connectivity index (χ4n) is 2.64. The molecule has 0 radical (unpaired) electrons. The molecule has 0 saturated heterocycles. The van der Waals surface area contributed by atoms with Gasteiger partial charge in [-0.25, -0.2) is 0 Å². The molecule has 0 aliphatic rings. The summed E-state index contributed by atoms with van der Waals surface area (Å²) < 4.78 is 0. The van der Waals surface area contributed by atoms with Gasteiger partial charge in [-0.3, -0.25) is 4.79 Å². The lowest BCUT2D eigenvalue weighted by atomic mass is 10.1. The Kier molecular flexibility index (Phi) is 17.6. The third-order valence-corrected chi connectivity index (χ3v) is 4.04. The summed E-state index contributed by atoms with van der Waals surface area (Å²) >= 11 is 0. The highest BCUT2D eigenvalue weighted by atomic mass is 16.1. The lowest BCUT2D eigenvalue weighted by Crippen LogP contribution is -2.21. The van der Waals surface area contributed by atoms with Gasteiger partial charge in [0.1, 0.15) is 0 Å². The van der Waals surface area contributed by atoms with Crippen LogP contribution in [-0.2, 0) is 4.79 Å². The third-order valence-electron chi connectivity index (χ3n) is 4.04. The molecule has 0 heterocycles. The van der Waals surface area contributed by atoms with Gasteiger partial charge in [0.05, 0.1) is 0 Å². The maximum atomic E-state index is 11.3. The van der Waals surface area contributed by atoms with Crippen LogP contribution < -0.4 is 5.32 Å². The van der Waals surface area contributed by atoms with E-state index >= 15 is 0 Å². The minimum Gasteiger partial charge on any atom is -0.356 e. The van der Waals surface area contributed by atoms with Crippen molar-refractivity contribution in [1.29, 1.82) is 0 Å². The van der Waals surface area contributed by atoms with Gasteiger partial charge < -0.3 is 5.32 Å². The summed E-state index contributed by atoms with van der Waals surface area (Å²) in [4.78, 5) is 11.3. The van der Waals surface area contributed by atoms with Gasteiger partial charge in [0, 0.05) is 13.0 Å². The molecule has 1 N–H and O–H groups in total. The zero-order valence-electron chi connectivity index (χ0n) is 15.2. The quantitative estimate of drug-likeness (QED) is 0.268. The molecule has 0 spiro atoms. The van der Waals surface area contributed by atoms with Crippen molar-refractivity contribution in [3.8, 4) is 0 Å². The Morgan fingerprint density at radius 1 is 0.727 bits per heavy atom. The summed E-state index contributed by atoms with van der Waals surface area (Å²) in [5.41, 5.74) is 0. The minimum absolute atomic E-state index is 0.208. The molecule has 0 aromatic carbocycles. The van der Waals surface area contributed by atoms with Crippen LogP contribution in [0.25, 0.3) is 0 Å². The van der Waals surface area contributed by atoms with E-state index in [-0.39, 0.29) is 5.91 Å². The van der Waals surface area contributed by atoms with E-state index in [1.165, 1.54) is 77.0 Å². The number of amides is 1. The average molecular weight is 310 g/mol. The number of allylic oxidation sites excluding steroid dienone is 2. The second-order valence-electron chi connectivity index (χ2n) is 6.29. The van der Waals surface area contributed by atoms with Crippen molar-refractivity contribution in [3.63, 3.8) is 0 Å². The predicted octanol–water partition coefficient (Wildman–Crippen LogP) is 6.16. The van der Waals surface area contributed by atoms with Crippen LogP contribution in [-0.4, -0.2) is 12.5 Å². The molecule has 0 unspecified atom stereocenters. The summed E-state index contributed by atoms with van der Waals surface area (Å²) in [7, 11) is 0. The van der Waals surface area contributed by atoms with Gasteiger partial charge in [-0.05, 0) is 39.0 Å². The van der Waals surface area contributed by atoms with Crippen LogP contribution in [0.1, 0.15) is 104 Å². The van der Waals surface area contributed by atoms with Crippen molar-refractivity contribution in [2.75, 3.05) is 6.54 Å². The first-order valence-electron chi connectivity index (χ1n) is 9.73. The number of hydrogen-bond acceptors (Lipinski definition) is 1. The number of carbonyl (C=O) groups is 1. The Hall–Kier alpha value is -0.790. The normalized spacial score (nSPS) is 11.2. The van der Waals surface area contributed by atoms with E-state index < -0.39 is 0 Å². The van der Waals surface area contributed by atoms with Crippen molar-refractivity contribution >= 4 is 5.91 Å². The summed E-state index contributed by atoms with van der Waals surface area (Å²) in [5.74, 6) is 0.208. The van der Waals surface area contributed by atoms with E-state index in [1.54, 1.807) is 0 Å². The summed E-state index contributed by atoms with van der Waals surface area (Å²) in [6.07, 6.45) is 22.4. The maximum Gasteiger partial charge on any atom is 0.219 e. The van der Waals surface area contributed by atoms with Gasteiger partial charge in [-0.2, -0.15) is 0 Å². The van der Waals surface area contributed by atoms with E-state index in [0.29, 0.717) is 6.42 Å². The van der Waals surface area contributed by atoms with Gasteiger partial charge in [-0.15, -0.1) is 0 Å². The van der Waals surface area contributed by atoms with Gasteiger partial charge in [-0.1, -0.05) is 70.4 Å². The largest absolute Gasteiger partial charge is 0.356 e. The highest BCUT2D eigenvalue weighted by molar-refractivity contribution is 5.75. The fourth-order valence-corrected chi connectivity index (χ4v) is 2.64. The molecule has 2 nitrogen and oxygen atoms in total. The Bertz CT molecular complexity index is 260. The summed E-state index contributed by atoms with van der Waals surface area (Å²) in [6.45, 7) is 4.99. The summed E-state index contributed by atoms with van der Waals surface area (Å²) in [6, 6.07) is 0. The van der Waals surface area contributed by atoms with Crippen molar-refractivity contribution in [2.45, 2.75) is 104 Å². The topological polar surface area (TPSA) is 29.1 Å². The zero-order chi connectivity index (χ0) is 16.3. The SMILES string of the molecule is CCCCCCCC/C=C\CCCCCCCC(=O)NCC. The van der Waals surface area contributed by atoms with E-state index in [4.69, 9.17) is 0 Å². The first kappa shape index (κ1) is 21.2. The van der Waals surface area contributed by atoms with Gasteiger partial charge in [0.15, 0.2) is 0 Å². The standard InChI is InChI=1S/C20H39NO/c1-3-5-6-7-8-9-10-11-12-13-14-15-16-17-18-19-20(22)21-4-2/h11-12H,3-10,13-19H2,1-2H3,(H,21,22)/b12-11-. The van der Waals surface area contributed by atoms with Gasteiger partial charge in [0.2, 0.25) is 5.91 Å². The molecule has 1 amide bonds. The smallest absolute Gasteiger partial charge is 0.219 e. The molecule has 2 heteroatoms. The monoisotopic (exact) mass is 309 g/mol. The van der Waals surface area contributed by atoms with Gasteiger partial charge in [0.25, 0.3) is 0 Å². The van der Waals surface area contributed by atoms with Crippen LogP contribution >= 0.6 is 0 Å². The molecule has 0 fully saturated rings. The van der Waals surface area contributed by atoms with E-state index in [9.17, 15) is 4.79 Å². The highest BCUT2D eigenvalue weighted by Crippen LogP contribution is 2.09. The molecule has 0 saturated carbocycles. The number of unbranched alkanes of at least 4 members (excludes halogenated alkanes) is 11. The first-order chi connectivity index (χ1) is 10.8. The lowest BCUT2D eigenvalue weighted by Gasteiger charge is -2.02. The molecule has 0 aliphatic carbocycles. The molecular formula is C20H39NO. The first-order valence-corrected chi connectivity index (χ1v) is 9.73. The number of nitrogens with one attached hydrogen (secondary N) is 1. The highest BCUT2D eigenvalue weighted by Gasteiger charge is 1.98. The molecular weight excluding hydrogens is 270 g/mol. The van der Waals surface area contributed by atoms with Crippen LogP contribution in [0.5, 0.6) is 0 Å². The number of rotatable bonds is 16. The molecule has 22 heavy (non-hydrogen) atoms. The number of hydrogen-bond donors (Lipinski definition) is 1. The Balaban J connectivity index is 3.12. The maximum absolute atomic E-state index is 11.3. The van der Waals surface area contributed by atoms with Crippen LogP contribution in [0.2, 0.25) is 0 Å². The molecule has 0 bridgehead atoms. The van der Waals surface area contributed by atoms with Crippen molar-refractivity contribution in [3.05, 3.63) is 12.2 Å². The average Bonchev–Trinajstić information content (AvgIpc) is 2.51. The van der Waals surface area contributed by atoms with Crippen LogP contribution in [0, 0.1) is 0 Å². The molecule has 0 aromatic heterocycles. The molecule has 0 atom stereocenters. The molecule has 0 rings (SSSR count). The lowest BCUT2D eigenvalue weighted by molar-refractivity contribution is -0.121. The van der Waals surface area contributed by atoms with Crippen LogP contribution in [0.4, 0.5) is 0 Å². The Morgan fingerprint density at radius 2 is 1.23 bits per heavy atom. The zero-order valence-corrected chi connectivity index (χ0v) is 15.2. The van der Waals surface area contributed by atoms with E-state index in [1.807, 2.05) is 6.92 Å². The second-order valence-corrected chi connectivity index (χ2v) is 6.29. The predicted molar refractivity (Wildman–Crippen MR) is 98.1 cm³/mol. The molecule has 0 aromatic rings. The Morgan fingerprint density at radius 3 is 1.77 bits per heavy atom. The van der Waals surface area contributed by atoms with Crippen LogP contribution in [0.15, 0.2) is 12.2 Å². The van der Waals surface area contributed by atoms with Crippen LogP contribution in [0.3, 0.4) is 0 Å². The number of carbonyl (C=O) groups excluding carboxylic acids is 1. The second kappa shape index (κ2) is 18.3. The summed E-state index contributed by atoms with van der Waals surface area (Å²) in [5, 5.41) is 2.85. The van der Waals surface area contributed by atoms with Crippen molar-refractivity contribution in [2.24, 2.45) is 0 Å². The third kappa shape index (κ3) is 17.3. The molecule has 0 aliphatic heterocycles. The Labute approximate surface area is 139 Å².